The quantitative estimate of drug-likeness (QED) is 0.599. The third-order valence-electron chi connectivity index (χ3n) is 2.89. The van der Waals surface area contributed by atoms with Crippen LogP contribution in [0.5, 0.6) is 5.75 Å². The maximum atomic E-state index is 11.9. The lowest BCUT2D eigenvalue weighted by Gasteiger charge is -2.08. The average molecular weight is 322 g/mol. The fraction of sp³-hybridized carbons (Fsp3) is 0.250. The minimum Gasteiger partial charge on any atom is -0.382 e. The number of aryl methyl sites for hydroxylation is 2. The monoisotopic (exact) mass is 322 g/mol. The van der Waals surface area contributed by atoms with Crippen LogP contribution in [0, 0.1) is 13.8 Å². The summed E-state index contributed by atoms with van der Waals surface area (Å²) in [7, 11) is -3.55. The molecule has 0 atom stereocenters. The molecule has 0 aliphatic rings. The average Bonchev–Trinajstić information content (AvgIpc) is 2.42. The van der Waals surface area contributed by atoms with Crippen LogP contribution in [0.2, 0.25) is 0 Å². The molecule has 0 spiro atoms. The molecule has 2 aromatic carbocycles. The molecule has 0 fully saturated rings. The van der Waals surface area contributed by atoms with Gasteiger partial charge in [-0.15, -0.1) is 11.8 Å². The number of benzene rings is 2. The van der Waals surface area contributed by atoms with Crippen LogP contribution in [0.3, 0.4) is 0 Å². The second-order valence-electron chi connectivity index (χ2n) is 4.78. The van der Waals surface area contributed by atoms with E-state index in [2.05, 4.69) is 6.07 Å². The molecule has 0 saturated heterocycles. The summed E-state index contributed by atoms with van der Waals surface area (Å²) in [5, 5.41) is 0. The first-order chi connectivity index (χ1) is 9.96. The topological polar surface area (TPSA) is 43.4 Å². The van der Waals surface area contributed by atoms with E-state index in [1.807, 2.05) is 32.0 Å². The van der Waals surface area contributed by atoms with Gasteiger partial charge in [0.2, 0.25) is 0 Å². The third kappa shape index (κ3) is 5.10. The molecule has 0 bridgehead atoms. The second kappa shape index (κ2) is 7.00. The molecular weight excluding hydrogens is 304 g/mol. The van der Waals surface area contributed by atoms with E-state index in [1.54, 1.807) is 24.3 Å². The Morgan fingerprint density at radius 2 is 1.76 bits per heavy atom. The van der Waals surface area contributed by atoms with Crippen molar-refractivity contribution in [3.63, 3.8) is 0 Å². The minimum atomic E-state index is -3.55. The van der Waals surface area contributed by atoms with E-state index in [-0.39, 0.29) is 5.75 Å². The van der Waals surface area contributed by atoms with E-state index in [0.29, 0.717) is 11.5 Å². The molecule has 0 radical (unpaired) electrons. The Balaban J connectivity index is 1.90. The Hall–Kier alpha value is -1.46. The van der Waals surface area contributed by atoms with E-state index < -0.39 is 10.1 Å². The predicted octanol–water partition coefficient (Wildman–Crippen LogP) is 3.80. The zero-order valence-corrected chi connectivity index (χ0v) is 13.7. The zero-order valence-electron chi connectivity index (χ0n) is 12.1. The number of hydrogen-bond acceptors (Lipinski definition) is 4. The molecule has 3 nitrogen and oxygen atoms in total. The highest BCUT2D eigenvalue weighted by atomic mass is 32.2. The van der Waals surface area contributed by atoms with Gasteiger partial charge in [-0.25, -0.2) is 0 Å². The van der Waals surface area contributed by atoms with Crippen molar-refractivity contribution in [1.82, 2.24) is 0 Å². The zero-order chi connectivity index (χ0) is 15.3. The van der Waals surface area contributed by atoms with E-state index in [4.69, 9.17) is 4.18 Å². The van der Waals surface area contributed by atoms with Crippen LogP contribution < -0.4 is 4.18 Å². The summed E-state index contributed by atoms with van der Waals surface area (Å²) in [6.07, 6.45) is 0. The third-order valence-corrected chi connectivity index (χ3v) is 5.47. The van der Waals surface area contributed by atoms with Crippen LogP contribution in [0.25, 0.3) is 0 Å². The standard InChI is InChI=1S/C16H18O3S2/c1-13-8-9-16(14(2)12-13)20-10-11-21(17,18)19-15-6-4-3-5-7-15/h3-9,12H,10-11H2,1-2H3. The van der Waals surface area contributed by atoms with Gasteiger partial charge in [-0.05, 0) is 37.6 Å². The largest absolute Gasteiger partial charge is 0.382 e. The molecule has 0 amide bonds. The number of thioether (sulfide) groups is 1. The van der Waals surface area contributed by atoms with Crippen molar-refractivity contribution >= 4 is 21.9 Å². The van der Waals surface area contributed by atoms with Gasteiger partial charge in [0.15, 0.2) is 0 Å². The first-order valence-electron chi connectivity index (χ1n) is 6.63. The molecule has 0 aromatic heterocycles. The van der Waals surface area contributed by atoms with E-state index in [0.717, 1.165) is 4.90 Å². The van der Waals surface area contributed by atoms with Crippen molar-refractivity contribution in [2.75, 3.05) is 11.5 Å². The highest BCUT2D eigenvalue weighted by molar-refractivity contribution is 8.00. The Morgan fingerprint density at radius 3 is 2.43 bits per heavy atom. The Bertz CT molecular complexity index is 695. The molecule has 0 saturated carbocycles. The van der Waals surface area contributed by atoms with Gasteiger partial charge in [-0.1, -0.05) is 35.9 Å². The molecule has 5 heteroatoms. The summed E-state index contributed by atoms with van der Waals surface area (Å²) >= 11 is 1.53. The summed E-state index contributed by atoms with van der Waals surface area (Å²) < 4.78 is 28.8. The Kier molecular flexibility index (Phi) is 5.31. The number of para-hydroxylation sites is 1. The summed E-state index contributed by atoms with van der Waals surface area (Å²) in [5.41, 5.74) is 2.37. The fourth-order valence-electron chi connectivity index (χ4n) is 1.88. The second-order valence-corrected chi connectivity index (χ2v) is 7.60. The van der Waals surface area contributed by atoms with Gasteiger partial charge in [-0.3, -0.25) is 0 Å². The van der Waals surface area contributed by atoms with Gasteiger partial charge in [0.25, 0.3) is 0 Å². The number of hydrogen-bond donors (Lipinski definition) is 0. The Morgan fingerprint density at radius 1 is 1.05 bits per heavy atom. The van der Waals surface area contributed by atoms with Crippen LogP contribution in [0.1, 0.15) is 11.1 Å². The fourth-order valence-corrected chi connectivity index (χ4v) is 4.19. The summed E-state index contributed by atoms with van der Waals surface area (Å²) in [6.45, 7) is 4.07. The highest BCUT2D eigenvalue weighted by Crippen LogP contribution is 2.23. The van der Waals surface area contributed by atoms with Crippen LogP contribution in [0.4, 0.5) is 0 Å². The molecule has 0 N–H and O–H groups in total. The molecule has 0 unspecified atom stereocenters. The number of rotatable bonds is 6. The van der Waals surface area contributed by atoms with Gasteiger partial charge < -0.3 is 4.18 Å². The minimum absolute atomic E-state index is 0.0140. The maximum Gasteiger partial charge on any atom is 0.310 e. The highest BCUT2D eigenvalue weighted by Gasteiger charge is 2.13. The molecule has 21 heavy (non-hydrogen) atoms. The smallest absolute Gasteiger partial charge is 0.310 e. The molecule has 0 aliphatic heterocycles. The lowest BCUT2D eigenvalue weighted by atomic mass is 10.2. The first-order valence-corrected chi connectivity index (χ1v) is 9.20. The van der Waals surface area contributed by atoms with Gasteiger partial charge in [-0.2, -0.15) is 8.42 Å². The Labute approximate surface area is 130 Å². The van der Waals surface area contributed by atoms with Crippen LogP contribution in [-0.2, 0) is 10.1 Å². The molecule has 0 heterocycles. The van der Waals surface area contributed by atoms with Gasteiger partial charge in [0.1, 0.15) is 5.75 Å². The first kappa shape index (κ1) is 15.9. The summed E-state index contributed by atoms with van der Waals surface area (Å²) in [5.74, 6) is 0.813. The molecule has 0 aliphatic carbocycles. The normalized spacial score (nSPS) is 11.3. The summed E-state index contributed by atoms with van der Waals surface area (Å²) in [4.78, 5) is 1.11. The van der Waals surface area contributed by atoms with Crippen LogP contribution in [-0.4, -0.2) is 19.9 Å². The van der Waals surface area contributed by atoms with E-state index in [9.17, 15) is 8.42 Å². The summed E-state index contributed by atoms with van der Waals surface area (Å²) in [6, 6.07) is 14.7. The van der Waals surface area contributed by atoms with Crippen molar-refractivity contribution in [2.45, 2.75) is 18.7 Å². The molecular formula is C16H18O3S2. The van der Waals surface area contributed by atoms with Gasteiger partial charge in [0, 0.05) is 10.6 Å². The lowest BCUT2D eigenvalue weighted by molar-refractivity contribution is 0.488. The van der Waals surface area contributed by atoms with Crippen molar-refractivity contribution in [3.05, 3.63) is 59.7 Å². The molecule has 2 aromatic rings. The predicted molar refractivity (Wildman–Crippen MR) is 87.5 cm³/mol. The lowest BCUT2D eigenvalue weighted by Crippen LogP contribution is -2.15. The molecule has 112 valence electrons. The SMILES string of the molecule is Cc1ccc(SCCS(=O)(=O)Oc2ccccc2)c(C)c1. The van der Waals surface area contributed by atoms with E-state index >= 15 is 0 Å². The van der Waals surface area contributed by atoms with Gasteiger partial charge in [0.05, 0.1) is 5.75 Å². The maximum absolute atomic E-state index is 11.9. The molecule has 2 rings (SSSR count). The van der Waals surface area contributed by atoms with Crippen molar-refractivity contribution in [2.24, 2.45) is 0 Å². The van der Waals surface area contributed by atoms with Crippen LogP contribution in [0.15, 0.2) is 53.4 Å². The van der Waals surface area contributed by atoms with Gasteiger partial charge >= 0.3 is 10.1 Å². The van der Waals surface area contributed by atoms with Crippen molar-refractivity contribution in [3.8, 4) is 5.75 Å². The van der Waals surface area contributed by atoms with E-state index in [1.165, 1.54) is 22.9 Å². The van der Waals surface area contributed by atoms with Crippen LogP contribution >= 0.6 is 11.8 Å². The van der Waals surface area contributed by atoms with Crippen molar-refractivity contribution < 1.29 is 12.6 Å². The van der Waals surface area contributed by atoms with Crippen molar-refractivity contribution in [1.29, 1.82) is 0 Å².